The van der Waals surface area contributed by atoms with Crippen LogP contribution in [0.4, 0.5) is 4.39 Å². The topological polar surface area (TPSA) is 86.7 Å². The van der Waals surface area contributed by atoms with Crippen molar-refractivity contribution >= 4 is 15.8 Å². The number of piperidine rings is 1. The Morgan fingerprint density at radius 1 is 0.925 bits per heavy atom. The number of aliphatic carboxylic acids is 1. The van der Waals surface area contributed by atoms with Gasteiger partial charge in [0.25, 0.3) is 0 Å². The molecule has 2 N–H and O–H groups in total. The van der Waals surface area contributed by atoms with Crippen molar-refractivity contribution in [3.63, 3.8) is 0 Å². The van der Waals surface area contributed by atoms with E-state index in [0.717, 1.165) is 45.4 Å². The highest BCUT2D eigenvalue weighted by Crippen LogP contribution is 2.76. The highest BCUT2D eigenvalue weighted by atomic mass is 32.2. The molecule has 7 rings (SSSR count). The first-order valence-corrected chi connectivity index (χ1v) is 23.2. The SMILES string of the molecule is C=C(C)[C@@H]1CC[C@]2(NCCN3CCC(S(C)(=O)=O)CC3)CC[C@]3(C)[C@H](CCC4[C@@]5(C)CC=C(C6=CC[C@@](CF)(C(=O)O)CC6)C(C)(C)C5CC[C@]43C)C12. The number of carbonyl (C=O) groups is 1. The molecule has 8 heteroatoms. The average Bonchev–Trinajstić information content (AvgIpc) is 3.48. The molecule has 1 aliphatic heterocycles. The summed E-state index contributed by atoms with van der Waals surface area (Å²) in [6.07, 6.45) is 19.9. The Morgan fingerprint density at radius 3 is 2.25 bits per heavy atom. The maximum Gasteiger partial charge on any atom is 0.312 e. The Kier molecular flexibility index (Phi) is 10.2. The van der Waals surface area contributed by atoms with Gasteiger partial charge in [-0.15, -0.1) is 0 Å². The summed E-state index contributed by atoms with van der Waals surface area (Å²) in [5.41, 5.74) is 3.65. The van der Waals surface area contributed by atoms with Gasteiger partial charge in [0.2, 0.25) is 0 Å². The molecule has 0 radical (unpaired) electrons. The third-order valence-corrected chi connectivity index (χ3v) is 20.0. The fourth-order valence-corrected chi connectivity index (χ4v) is 16.2. The number of fused-ring (bicyclic) bond motifs is 7. The number of nitrogens with one attached hydrogen (secondary N) is 1. The van der Waals surface area contributed by atoms with Crippen LogP contribution in [0.1, 0.15) is 131 Å². The zero-order valence-electron chi connectivity index (χ0n) is 34.2. The van der Waals surface area contributed by atoms with Crippen molar-refractivity contribution in [3.8, 4) is 0 Å². The van der Waals surface area contributed by atoms with E-state index in [9.17, 15) is 22.7 Å². The number of hydrogen-bond acceptors (Lipinski definition) is 5. The number of carboxylic acids is 1. The first-order chi connectivity index (χ1) is 24.8. The number of hydrogen-bond donors (Lipinski definition) is 2. The monoisotopic (exact) mass is 755 g/mol. The molecule has 4 saturated carbocycles. The second-order valence-electron chi connectivity index (χ2n) is 20.8. The molecule has 10 atom stereocenters. The maximum atomic E-state index is 14.0. The molecule has 0 bridgehead atoms. The first kappa shape index (κ1) is 39.7. The molecule has 5 fully saturated rings. The number of carboxylic acid groups (broad SMARTS) is 1. The molecule has 298 valence electrons. The van der Waals surface area contributed by atoms with Gasteiger partial charge < -0.3 is 15.3 Å². The summed E-state index contributed by atoms with van der Waals surface area (Å²) in [6.45, 7) is 22.8. The lowest BCUT2D eigenvalue weighted by Crippen LogP contribution is -2.68. The largest absolute Gasteiger partial charge is 0.481 e. The third kappa shape index (κ3) is 6.10. The Bertz CT molecular complexity index is 1650. The van der Waals surface area contributed by atoms with Gasteiger partial charge in [-0.05, 0) is 172 Å². The van der Waals surface area contributed by atoms with Crippen LogP contribution >= 0.6 is 0 Å². The normalized spacial score (nSPS) is 44.5. The van der Waals surface area contributed by atoms with Crippen molar-refractivity contribution in [1.29, 1.82) is 0 Å². The van der Waals surface area contributed by atoms with Gasteiger partial charge in [-0.1, -0.05) is 58.9 Å². The zero-order valence-corrected chi connectivity index (χ0v) is 35.0. The molecule has 53 heavy (non-hydrogen) atoms. The summed E-state index contributed by atoms with van der Waals surface area (Å²) in [6, 6.07) is 0. The summed E-state index contributed by atoms with van der Waals surface area (Å²) in [4.78, 5) is 14.5. The molecule has 1 heterocycles. The highest BCUT2D eigenvalue weighted by molar-refractivity contribution is 7.91. The number of alkyl halides is 1. The molecule has 7 aliphatic rings. The smallest absolute Gasteiger partial charge is 0.312 e. The Labute approximate surface area is 321 Å². The second kappa shape index (κ2) is 13.6. The summed E-state index contributed by atoms with van der Waals surface area (Å²) in [5, 5.41) is 13.9. The van der Waals surface area contributed by atoms with Crippen LogP contribution in [0, 0.1) is 56.7 Å². The van der Waals surface area contributed by atoms with Crippen LogP contribution in [-0.4, -0.2) is 74.3 Å². The van der Waals surface area contributed by atoms with E-state index in [-0.39, 0.29) is 38.9 Å². The van der Waals surface area contributed by atoms with Gasteiger partial charge in [-0.25, -0.2) is 12.8 Å². The molecule has 0 aromatic rings. The third-order valence-electron chi connectivity index (χ3n) is 18.4. The predicted molar refractivity (Wildman–Crippen MR) is 213 cm³/mol. The minimum absolute atomic E-state index is 0.0148. The van der Waals surface area contributed by atoms with Crippen molar-refractivity contribution in [2.75, 3.05) is 39.1 Å². The van der Waals surface area contributed by atoms with Crippen molar-refractivity contribution in [1.82, 2.24) is 10.2 Å². The number of halogens is 1. The number of sulfone groups is 1. The Balaban J connectivity index is 1.11. The molecular weight excluding hydrogens is 684 g/mol. The minimum Gasteiger partial charge on any atom is -0.481 e. The highest BCUT2D eigenvalue weighted by Gasteiger charge is 2.70. The lowest BCUT2D eigenvalue weighted by molar-refractivity contribution is -0.221. The van der Waals surface area contributed by atoms with E-state index >= 15 is 0 Å². The van der Waals surface area contributed by atoms with Gasteiger partial charge in [0.05, 0.1) is 10.7 Å². The molecule has 0 amide bonds. The van der Waals surface area contributed by atoms with E-state index in [1.807, 2.05) is 0 Å². The van der Waals surface area contributed by atoms with E-state index in [1.165, 1.54) is 74.3 Å². The number of allylic oxidation sites excluding steroid dienone is 5. The minimum atomic E-state index is -2.96. The quantitative estimate of drug-likeness (QED) is 0.229. The van der Waals surface area contributed by atoms with E-state index in [0.29, 0.717) is 42.4 Å². The summed E-state index contributed by atoms with van der Waals surface area (Å²) in [5.74, 6) is 2.04. The Hall–Kier alpha value is -1.51. The van der Waals surface area contributed by atoms with E-state index in [2.05, 4.69) is 70.5 Å². The first-order valence-electron chi connectivity index (χ1n) is 21.3. The average molecular weight is 755 g/mol. The van der Waals surface area contributed by atoms with Gasteiger partial charge in [-0.2, -0.15) is 0 Å². The van der Waals surface area contributed by atoms with Crippen molar-refractivity contribution in [2.24, 2.45) is 56.7 Å². The van der Waals surface area contributed by atoms with Crippen LogP contribution in [-0.2, 0) is 14.6 Å². The van der Waals surface area contributed by atoms with Crippen LogP contribution in [0.15, 0.2) is 35.5 Å². The molecular formula is C45H71FN2O4S. The molecule has 3 unspecified atom stereocenters. The van der Waals surface area contributed by atoms with Crippen LogP contribution in [0.2, 0.25) is 0 Å². The second-order valence-corrected chi connectivity index (χ2v) is 23.2. The van der Waals surface area contributed by atoms with Crippen molar-refractivity contribution in [3.05, 3.63) is 35.5 Å². The lowest BCUT2D eigenvalue weighted by Gasteiger charge is -2.72. The van der Waals surface area contributed by atoms with Crippen molar-refractivity contribution in [2.45, 2.75) is 142 Å². The van der Waals surface area contributed by atoms with Crippen molar-refractivity contribution < 1.29 is 22.7 Å². The van der Waals surface area contributed by atoms with Crippen LogP contribution < -0.4 is 5.32 Å². The number of rotatable bonds is 9. The van der Waals surface area contributed by atoms with E-state index < -0.39 is 27.9 Å². The van der Waals surface area contributed by atoms with Gasteiger partial charge in [0, 0.05) is 24.9 Å². The molecule has 6 aliphatic carbocycles. The van der Waals surface area contributed by atoms with Crippen LogP contribution in [0.25, 0.3) is 0 Å². The van der Waals surface area contributed by atoms with Crippen LogP contribution in [0.3, 0.4) is 0 Å². The predicted octanol–water partition coefficient (Wildman–Crippen LogP) is 9.18. The number of likely N-dealkylation sites (tertiary alicyclic amines) is 1. The van der Waals surface area contributed by atoms with E-state index in [1.54, 1.807) is 0 Å². The van der Waals surface area contributed by atoms with Gasteiger partial charge in [0.1, 0.15) is 16.5 Å². The fourth-order valence-electron chi connectivity index (χ4n) is 15.1. The fraction of sp³-hybridized carbons (Fsp3) is 0.844. The maximum absolute atomic E-state index is 14.0. The van der Waals surface area contributed by atoms with Crippen LogP contribution in [0.5, 0.6) is 0 Å². The summed E-state index contributed by atoms with van der Waals surface area (Å²) < 4.78 is 38.3. The number of nitrogens with zero attached hydrogens (tertiary/aromatic N) is 1. The molecule has 0 spiro atoms. The summed E-state index contributed by atoms with van der Waals surface area (Å²) in [7, 11) is -2.96. The van der Waals surface area contributed by atoms with Gasteiger partial charge >= 0.3 is 5.97 Å². The Morgan fingerprint density at radius 2 is 1.64 bits per heavy atom. The molecule has 0 aromatic carbocycles. The summed E-state index contributed by atoms with van der Waals surface area (Å²) >= 11 is 0. The molecule has 0 aromatic heterocycles. The lowest BCUT2D eigenvalue weighted by atomic mass is 9.33. The van der Waals surface area contributed by atoms with Gasteiger partial charge in [0.15, 0.2) is 0 Å². The van der Waals surface area contributed by atoms with E-state index in [4.69, 9.17) is 0 Å². The van der Waals surface area contributed by atoms with Gasteiger partial charge in [-0.3, -0.25) is 4.79 Å². The standard InChI is InChI=1S/C45H71FN2O4S/c1-30(2)33-13-22-45(47-25-28-48-26-16-32(17-27-48)53(8,51)52)24-23-42(6)35(38(33)45)9-10-37-41(5)18-14-34(40(3,4)36(41)15-19-43(37,42)7)31-11-20-44(29-46,21-12-31)39(49)50/h11,14,32-33,35-38,47H,1,9-10,12-13,15-29H2,2-8H3,(H,49,50)/t33-,35+,36?,37?,38?,41-,42+,43+,44+,45-/m0/s1. The molecule has 1 saturated heterocycles. The molecule has 6 nitrogen and oxygen atoms in total. The zero-order chi connectivity index (χ0) is 38.4.